The standard InChI is InChI=1S/C26H28N4O2S/c1-17(2)20-12-14-22(15-13-20)27-25(31)19(4)33-26-29-28-24(23-11-8-16-32-23)30(26)18(3)21-9-6-5-7-10-21/h5-19H,1-4H3,(H,27,31). The first-order valence-electron chi connectivity index (χ1n) is 11.0. The molecule has 2 heterocycles. The van der Waals surface area contributed by atoms with Crippen molar-refractivity contribution in [2.75, 3.05) is 5.32 Å². The van der Waals surface area contributed by atoms with Crippen molar-refractivity contribution >= 4 is 23.4 Å². The van der Waals surface area contributed by atoms with Gasteiger partial charge in [-0.1, -0.05) is 68.1 Å². The predicted octanol–water partition coefficient (Wildman–Crippen LogP) is 6.39. The molecular weight excluding hydrogens is 432 g/mol. The molecule has 0 aliphatic carbocycles. The summed E-state index contributed by atoms with van der Waals surface area (Å²) >= 11 is 1.38. The summed E-state index contributed by atoms with van der Waals surface area (Å²) in [6.45, 7) is 8.27. The molecule has 170 valence electrons. The van der Waals surface area contributed by atoms with Crippen molar-refractivity contribution in [2.45, 2.75) is 50.1 Å². The molecule has 0 bridgehead atoms. The fourth-order valence-corrected chi connectivity index (χ4v) is 4.50. The second-order valence-corrected chi connectivity index (χ2v) is 9.57. The lowest BCUT2D eigenvalue weighted by Gasteiger charge is -2.19. The van der Waals surface area contributed by atoms with Gasteiger partial charge in [0, 0.05) is 5.69 Å². The molecule has 1 amide bonds. The number of hydrogen-bond donors (Lipinski definition) is 1. The number of thioether (sulfide) groups is 1. The van der Waals surface area contributed by atoms with E-state index < -0.39 is 0 Å². The molecule has 2 unspecified atom stereocenters. The molecule has 2 atom stereocenters. The topological polar surface area (TPSA) is 73.0 Å². The number of aromatic nitrogens is 3. The average molecular weight is 461 g/mol. The van der Waals surface area contributed by atoms with Crippen LogP contribution in [0.15, 0.2) is 82.6 Å². The minimum Gasteiger partial charge on any atom is -0.461 e. The summed E-state index contributed by atoms with van der Waals surface area (Å²) < 4.78 is 7.63. The summed E-state index contributed by atoms with van der Waals surface area (Å²) in [5, 5.41) is 12.1. The maximum absolute atomic E-state index is 12.9. The third-order valence-electron chi connectivity index (χ3n) is 5.57. The van der Waals surface area contributed by atoms with Crippen LogP contribution in [0, 0.1) is 0 Å². The predicted molar refractivity (Wildman–Crippen MR) is 132 cm³/mol. The molecule has 0 saturated heterocycles. The number of carbonyl (C=O) groups is 1. The average Bonchev–Trinajstić information content (AvgIpc) is 3.49. The van der Waals surface area contributed by atoms with Crippen molar-refractivity contribution in [3.8, 4) is 11.6 Å². The van der Waals surface area contributed by atoms with Crippen molar-refractivity contribution in [3.05, 3.63) is 84.1 Å². The molecule has 4 aromatic rings. The molecule has 0 aliphatic heterocycles. The van der Waals surface area contributed by atoms with Crippen LogP contribution in [-0.2, 0) is 4.79 Å². The van der Waals surface area contributed by atoms with Crippen molar-refractivity contribution < 1.29 is 9.21 Å². The molecule has 0 aliphatic rings. The van der Waals surface area contributed by atoms with Crippen molar-refractivity contribution in [3.63, 3.8) is 0 Å². The van der Waals surface area contributed by atoms with Crippen LogP contribution in [0.1, 0.15) is 50.8 Å². The van der Waals surface area contributed by atoms with Crippen molar-refractivity contribution in [2.24, 2.45) is 0 Å². The molecule has 2 aromatic carbocycles. The molecule has 0 saturated carbocycles. The van der Waals surface area contributed by atoms with Crippen LogP contribution in [0.2, 0.25) is 0 Å². The minimum absolute atomic E-state index is 0.0392. The minimum atomic E-state index is -0.370. The van der Waals surface area contributed by atoms with Crippen LogP contribution in [0.3, 0.4) is 0 Å². The summed E-state index contributed by atoms with van der Waals surface area (Å²) in [5.74, 6) is 1.64. The van der Waals surface area contributed by atoms with Gasteiger partial charge in [0.15, 0.2) is 10.9 Å². The van der Waals surface area contributed by atoms with E-state index in [-0.39, 0.29) is 17.2 Å². The summed E-state index contributed by atoms with van der Waals surface area (Å²) in [4.78, 5) is 12.9. The summed E-state index contributed by atoms with van der Waals surface area (Å²) in [6, 6.07) is 21.8. The van der Waals surface area contributed by atoms with Gasteiger partial charge in [0.1, 0.15) is 0 Å². The Morgan fingerprint density at radius 1 is 0.909 bits per heavy atom. The van der Waals surface area contributed by atoms with E-state index in [2.05, 4.69) is 48.4 Å². The molecule has 2 aromatic heterocycles. The maximum Gasteiger partial charge on any atom is 0.237 e. The van der Waals surface area contributed by atoms with Crippen LogP contribution < -0.4 is 5.32 Å². The number of anilines is 1. The van der Waals surface area contributed by atoms with Gasteiger partial charge in [-0.05, 0) is 55.2 Å². The molecular formula is C26H28N4O2S. The highest BCUT2D eigenvalue weighted by Gasteiger charge is 2.25. The van der Waals surface area contributed by atoms with E-state index in [1.54, 1.807) is 6.26 Å². The van der Waals surface area contributed by atoms with Gasteiger partial charge in [0.05, 0.1) is 17.6 Å². The van der Waals surface area contributed by atoms with Gasteiger partial charge in [-0.2, -0.15) is 0 Å². The van der Waals surface area contributed by atoms with Crippen molar-refractivity contribution in [1.82, 2.24) is 14.8 Å². The van der Waals surface area contributed by atoms with Crippen LogP contribution in [0.5, 0.6) is 0 Å². The Morgan fingerprint density at radius 2 is 1.64 bits per heavy atom. The number of hydrogen-bond acceptors (Lipinski definition) is 5. The first kappa shape index (κ1) is 22.9. The Balaban J connectivity index is 1.56. The van der Waals surface area contributed by atoms with Crippen LogP contribution in [0.4, 0.5) is 5.69 Å². The van der Waals surface area contributed by atoms with E-state index in [9.17, 15) is 4.79 Å². The molecule has 0 radical (unpaired) electrons. The summed E-state index contributed by atoms with van der Waals surface area (Å²) in [7, 11) is 0. The fourth-order valence-electron chi connectivity index (χ4n) is 3.57. The van der Waals surface area contributed by atoms with E-state index in [4.69, 9.17) is 4.42 Å². The molecule has 6 nitrogen and oxygen atoms in total. The van der Waals surface area contributed by atoms with Gasteiger partial charge in [-0.3, -0.25) is 9.36 Å². The third kappa shape index (κ3) is 5.20. The fraction of sp³-hybridized carbons (Fsp3) is 0.269. The van der Waals surface area contributed by atoms with Gasteiger partial charge >= 0.3 is 0 Å². The number of carbonyl (C=O) groups excluding carboxylic acids is 1. The lowest BCUT2D eigenvalue weighted by Crippen LogP contribution is -2.23. The highest BCUT2D eigenvalue weighted by molar-refractivity contribution is 8.00. The van der Waals surface area contributed by atoms with Gasteiger partial charge in [-0.15, -0.1) is 10.2 Å². The lowest BCUT2D eigenvalue weighted by atomic mass is 10.0. The van der Waals surface area contributed by atoms with Gasteiger partial charge in [0.2, 0.25) is 11.7 Å². The van der Waals surface area contributed by atoms with Crippen molar-refractivity contribution in [1.29, 1.82) is 0 Å². The van der Waals surface area contributed by atoms with Gasteiger partial charge < -0.3 is 9.73 Å². The smallest absolute Gasteiger partial charge is 0.237 e. The maximum atomic E-state index is 12.9. The zero-order valence-corrected chi connectivity index (χ0v) is 20.0. The third-order valence-corrected chi connectivity index (χ3v) is 6.63. The number of rotatable bonds is 8. The quantitative estimate of drug-likeness (QED) is 0.308. The Morgan fingerprint density at radius 3 is 2.27 bits per heavy atom. The monoisotopic (exact) mass is 460 g/mol. The van der Waals surface area contributed by atoms with Crippen LogP contribution >= 0.6 is 11.8 Å². The number of benzene rings is 2. The molecule has 7 heteroatoms. The van der Waals surface area contributed by atoms with E-state index in [1.165, 1.54) is 17.3 Å². The van der Waals surface area contributed by atoms with E-state index in [1.807, 2.05) is 66.1 Å². The van der Waals surface area contributed by atoms with E-state index >= 15 is 0 Å². The number of nitrogens with one attached hydrogen (secondary N) is 1. The molecule has 33 heavy (non-hydrogen) atoms. The zero-order valence-electron chi connectivity index (χ0n) is 19.2. The van der Waals surface area contributed by atoms with Crippen LogP contribution in [0.25, 0.3) is 11.6 Å². The Labute approximate surface area is 198 Å². The van der Waals surface area contributed by atoms with Gasteiger partial charge in [0.25, 0.3) is 0 Å². The SMILES string of the molecule is CC(Sc1nnc(-c2ccco2)n1C(C)c1ccccc1)C(=O)Nc1ccc(C(C)C)cc1. The zero-order chi connectivity index (χ0) is 23.4. The van der Waals surface area contributed by atoms with E-state index in [0.29, 0.717) is 22.7 Å². The Bertz CT molecular complexity index is 1190. The van der Waals surface area contributed by atoms with E-state index in [0.717, 1.165) is 11.3 Å². The number of furan rings is 1. The Kier molecular flexibility index (Phi) is 6.99. The Hall–Kier alpha value is -3.32. The van der Waals surface area contributed by atoms with Gasteiger partial charge in [-0.25, -0.2) is 0 Å². The largest absolute Gasteiger partial charge is 0.461 e. The van der Waals surface area contributed by atoms with Crippen LogP contribution in [-0.4, -0.2) is 25.9 Å². The first-order valence-corrected chi connectivity index (χ1v) is 11.9. The second-order valence-electron chi connectivity index (χ2n) is 8.27. The number of amides is 1. The highest BCUT2D eigenvalue weighted by Crippen LogP contribution is 2.33. The molecule has 0 fully saturated rings. The highest BCUT2D eigenvalue weighted by atomic mass is 32.2. The summed E-state index contributed by atoms with van der Waals surface area (Å²) in [6.07, 6.45) is 1.62. The first-order chi connectivity index (χ1) is 15.9. The second kappa shape index (κ2) is 10.1. The number of nitrogens with zero attached hydrogens (tertiary/aromatic N) is 3. The molecule has 0 spiro atoms. The molecule has 4 rings (SSSR count). The summed E-state index contributed by atoms with van der Waals surface area (Å²) in [5.41, 5.74) is 3.14. The normalized spacial score (nSPS) is 13.1. The molecule has 1 N–H and O–H groups in total. The lowest BCUT2D eigenvalue weighted by molar-refractivity contribution is -0.115.